The zero-order chi connectivity index (χ0) is 14.1. The highest BCUT2D eigenvalue weighted by molar-refractivity contribution is 5.65. The molecule has 0 unspecified atom stereocenters. The molecule has 1 N–H and O–H groups in total. The minimum atomic E-state index is -0.245. The number of esters is 1. The molecule has 0 spiro atoms. The Morgan fingerprint density at radius 1 is 1.11 bits per heavy atom. The van der Waals surface area contributed by atoms with Crippen molar-refractivity contribution < 1.29 is 9.53 Å². The van der Waals surface area contributed by atoms with Crippen LogP contribution in [0.1, 0.15) is 6.92 Å². The molecule has 0 fully saturated rings. The summed E-state index contributed by atoms with van der Waals surface area (Å²) in [6.45, 7) is 1.36. The molecule has 0 saturated heterocycles. The van der Waals surface area contributed by atoms with Crippen molar-refractivity contribution in [3.05, 3.63) is 48.5 Å². The van der Waals surface area contributed by atoms with E-state index >= 15 is 0 Å². The normalized spacial score (nSPS) is 9.00. The van der Waals surface area contributed by atoms with Crippen LogP contribution in [0, 0.1) is 0 Å². The number of carbonyl (C=O) groups excluding carboxylic acids is 1. The first-order valence-corrected chi connectivity index (χ1v) is 5.92. The molecule has 19 heavy (non-hydrogen) atoms. The maximum absolute atomic E-state index is 9.59. The van der Waals surface area contributed by atoms with Gasteiger partial charge in [-0.15, -0.1) is 0 Å². The van der Waals surface area contributed by atoms with Crippen LogP contribution < -0.4 is 5.32 Å². The molecule has 0 bridgehead atoms. The van der Waals surface area contributed by atoms with Crippen LogP contribution in [-0.4, -0.2) is 25.1 Å². The minimum Gasteiger partial charge on any atom is -0.469 e. The lowest BCUT2D eigenvalue weighted by molar-refractivity contribution is -0.137. The topological polar surface area (TPSA) is 51.2 Å². The lowest BCUT2D eigenvalue weighted by Crippen LogP contribution is -1.92. The molecule has 1 heterocycles. The average Bonchev–Trinajstić information content (AvgIpc) is 2.49. The SMILES string of the molecule is CNc1cccc(-c2ccccc2)n1.COC(C)=O. The highest BCUT2D eigenvalue weighted by Crippen LogP contribution is 2.17. The smallest absolute Gasteiger partial charge is 0.302 e. The molecule has 0 radical (unpaired) electrons. The van der Waals surface area contributed by atoms with Crippen LogP contribution in [0.3, 0.4) is 0 Å². The zero-order valence-corrected chi connectivity index (χ0v) is 11.4. The molecule has 4 heteroatoms. The van der Waals surface area contributed by atoms with E-state index in [1.807, 2.05) is 43.4 Å². The number of methoxy groups -OCH3 is 1. The molecule has 1 aromatic heterocycles. The van der Waals surface area contributed by atoms with Gasteiger partial charge in [-0.05, 0) is 12.1 Å². The molecule has 100 valence electrons. The van der Waals surface area contributed by atoms with Crippen LogP contribution in [0.25, 0.3) is 11.3 Å². The number of anilines is 1. The fourth-order valence-electron chi connectivity index (χ4n) is 1.34. The van der Waals surface area contributed by atoms with Gasteiger partial charge >= 0.3 is 5.97 Å². The van der Waals surface area contributed by atoms with E-state index < -0.39 is 0 Å². The number of aromatic nitrogens is 1. The Balaban J connectivity index is 0.000000312. The van der Waals surface area contributed by atoms with Gasteiger partial charge in [0.2, 0.25) is 0 Å². The lowest BCUT2D eigenvalue weighted by atomic mass is 10.1. The second-order valence-corrected chi connectivity index (χ2v) is 3.72. The second kappa shape index (κ2) is 7.87. The van der Waals surface area contributed by atoms with Crippen LogP contribution in [0.2, 0.25) is 0 Å². The summed E-state index contributed by atoms with van der Waals surface area (Å²) in [5.41, 5.74) is 2.14. The minimum absolute atomic E-state index is 0.245. The molecule has 2 rings (SSSR count). The predicted octanol–water partition coefficient (Wildman–Crippen LogP) is 2.97. The quantitative estimate of drug-likeness (QED) is 0.841. The van der Waals surface area contributed by atoms with Crippen LogP contribution in [0.15, 0.2) is 48.5 Å². The van der Waals surface area contributed by atoms with Gasteiger partial charge < -0.3 is 10.1 Å². The van der Waals surface area contributed by atoms with Gasteiger partial charge in [0, 0.05) is 19.5 Å². The number of pyridine rings is 1. The highest BCUT2D eigenvalue weighted by atomic mass is 16.5. The molecule has 0 aliphatic carbocycles. The van der Waals surface area contributed by atoms with Crippen LogP contribution in [0.4, 0.5) is 5.82 Å². The van der Waals surface area contributed by atoms with Crippen LogP contribution >= 0.6 is 0 Å². The van der Waals surface area contributed by atoms with Gasteiger partial charge in [0.05, 0.1) is 12.8 Å². The summed E-state index contributed by atoms with van der Waals surface area (Å²) in [5.74, 6) is 0.649. The third kappa shape index (κ3) is 5.21. The Bertz CT molecular complexity index is 513. The summed E-state index contributed by atoms with van der Waals surface area (Å²) in [6, 6.07) is 16.1. The fraction of sp³-hybridized carbons (Fsp3) is 0.200. The molecular formula is C15H18N2O2. The Morgan fingerprint density at radius 3 is 2.26 bits per heavy atom. The molecule has 0 aliphatic heterocycles. The molecular weight excluding hydrogens is 240 g/mol. The number of carbonyl (C=O) groups is 1. The fourth-order valence-corrected chi connectivity index (χ4v) is 1.34. The molecule has 0 saturated carbocycles. The molecule has 0 atom stereocenters. The van der Waals surface area contributed by atoms with Crippen molar-refractivity contribution in [1.29, 1.82) is 0 Å². The van der Waals surface area contributed by atoms with Gasteiger partial charge in [0.25, 0.3) is 0 Å². The number of nitrogens with one attached hydrogen (secondary N) is 1. The number of ether oxygens (including phenoxy) is 1. The molecule has 0 aliphatic rings. The van der Waals surface area contributed by atoms with E-state index in [0.29, 0.717) is 0 Å². The van der Waals surface area contributed by atoms with Crippen LogP contribution in [0.5, 0.6) is 0 Å². The summed E-state index contributed by atoms with van der Waals surface area (Å²) < 4.78 is 4.11. The summed E-state index contributed by atoms with van der Waals surface area (Å²) in [5, 5.41) is 3.03. The number of rotatable bonds is 2. The Labute approximate surface area is 113 Å². The van der Waals surface area contributed by atoms with Gasteiger partial charge in [-0.1, -0.05) is 36.4 Å². The van der Waals surface area contributed by atoms with E-state index in [-0.39, 0.29) is 5.97 Å². The van der Waals surface area contributed by atoms with E-state index in [1.54, 1.807) is 0 Å². The third-order valence-electron chi connectivity index (χ3n) is 2.36. The van der Waals surface area contributed by atoms with Crippen molar-refractivity contribution in [2.45, 2.75) is 6.92 Å². The first-order chi connectivity index (χ1) is 9.17. The maximum atomic E-state index is 9.59. The van der Waals surface area contributed by atoms with E-state index in [1.165, 1.54) is 14.0 Å². The van der Waals surface area contributed by atoms with Gasteiger partial charge in [-0.3, -0.25) is 4.79 Å². The average molecular weight is 258 g/mol. The van der Waals surface area contributed by atoms with Crippen molar-refractivity contribution in [1.82, 2.24) is 4.98 Å². The lowest BCUT2D eigenvalue weighted by Gasteiger charge is -2.03. The van der Waals surface area contributed by atoms with Crippen molar-refractivity contribution in [3.63, 3.8) is 0 Å². The van der Waals surface area contributed by atoms with Gasteiger partial charge in [0.15, 0.2) is 0 Å². The van der Waals surface area contributed by atoms with E-state index in [2.05, 4.69) is 27.2 Å². The Morgan fingerprint density at radius 2 is 1.74 bits per heavy atom. The standard InChI is InChI=1S/C12H12N2.C3H6O2/c1-13-12-9-5-8-11(14-12)10-6-3-2-4-7-10;1-3(4)5-2/h2-9H,1H3,(H,13,14);1-2H3. The van der Waals surface area contributed by atoms with E-state index in [9.17, 15) is 4.79 Å². The first kappa shape index (κ1) is 14.7. The van der Waals surface area contributed by atoms with Crippen molar-refractivity contribution in [3.8, 4) is 11.3 Å². The van der Waals surface area contributed by atoms with Crippen molar-refractivity contribution in [2.75, 3.05) is 19.5 Å². The summed E-state index contributed by atoms with van der Waals surface area (Å²) in [6.07, 6.45) is 0. The molecule has 0 amide bonds. The summed E-state index contributed by atoms with van der Waals surface area (Å²) >= 11 is 0. The third-order valence-corrected chi connectivity index (χ3v) is 2.36. The van der Waals surface area contributed by atoms with Crippen molar-refractivity contribution >= 4 is 11.8 Å². The van der Waals surface area contributed by atoms with Crippen LogP contribution in [-0.2, 0) is 9.53 Å². The first-order valence-electron chi connectivity index (χ1n) is 5.92. The highest BCUT2D eigenvalue weighted by Gasteiger charge is 1.97. The number of nitrogens with zero attached hydrogens (tertiary/aromatic N) is 1. The van der Waals surface area contributed by atoms with Gasteiger partial charge in [-0.2, -0.15) is 0 Å². The van der Waals surface area contributed by atoms with E-state index in [4.69, 9.17) is 0 Å². The summed E-state index contributed by atoms with van der Waals surface area (Å²) in [4.78, 5) is 14.0. The Kier molecular flexibility index (Phi) is 6.09. The molecule has 1 aromatic carbocycles. The summed E-state index contributed by atoms with van der Waals surface area (Å²) in [7, 11) is 3.22. The molecule has 2 aromatic rings. The number of hydrogen-bond acceptors (Lipinski definition) is 4. The monoisotopic (exact) mass is 258 g/mol. The van der Waals surface area contributed by atoms with Crippen molar-refractivity contribution in [2.24, 2.45) is 0 Å². The predicted molar refractivity (Wildman–Crippen MR) is 76.9 cm³/mol. The second-order valence-electron chi connectivity index (χ2n) is 3.72. The Hall–Kier alpha value is -2.36. The maximum Gasteiger partial charge on any atom is 0.302 e. The van der Waals surface area contributed by atoms with Gasteiger partial charge in [0.1, 0.15) is 5.82 Å². The number of benzene rings is 1. The largest absolute Gasteiger partial charge is 0.469 e. The van der Waals surface area contributed by atoms with Gasteiger partial charge in [-0.25, -0.2) is 4.98 Å². The zero-order valence-electron chi connectivity index (χ0n) is 11.4. The number of hydrogen-bond donors (Lipinski definition) is 1. The van der Waals surface area contributed by atoms with E-state index in [0.717, 1.165) is 17.1 Å². The molecule has 4 nitrogen and oxygen atoms in total.